The summed E-state index contributed by atoms with van der Waals surface area (Å²) in [6, 6.07) is 0.544. The van der Waals surface area contributed by atoms with Crippen LogP contribution < -0.4 is 5.32 Å². The Balaban J connectivity index is 2.09. The lowest BCUT2D eigenvalue weighted by Crippen LogP contribution is -2.46. The van der Waals surface area contributed by atoms with E-state index in [1.807, 2.05) is 0 Å². The molecule has 3 nitrogen and oxygen atoms in total. The number of hydrogen-bond donors (Lipinski definition) is 1. The first-order valence-corrected chi connectivity index (χ1v) is 5.77. The van der Waals surface area contributed by atoms with E-state index in [1.54, 1.807) is 0 Å². The number of likely N-dealkylation sites (tertiary alicyclic amines) is 1. The molecule has 0 bridgehead atoms. The van der Waals surface area contributed by atoms with Crippen LogP contribution in [0.3, 0.4) is 0 Å². The van der Waals surface area contributed by atoms with E-state index < -0.39 is 0 Å². The fourth-order valence-corrected chi connectivity index (χ4v) is 2.59. The molecule has 84 valence electrons. The molecular formula is C12H20N2O. The topological polar surface area (TPSA) is 32.3 Å². The molecule has 0 saturated carbocycles. The lowest BCUT2D eigenvalue weighted by atomic mass is 9.78. The van der Waals surface area contributed by atoms with Crippen molar-refractivity contribution in [3.63, 3.8) is 0 Å². The molecule has 1 atom stereocenters. The molecule has 0 aromatic rings. The van der Waals surface area contributed by atoms with Crippen LogP contribution >= 0.6 is 0 Å². The molecule has 0 aromatic heterocycles. The van der Waals surface area contributed by atoms with Crippen molar-refractivity contribution in [2.45, 2.75) is 39.2 Å². The Morgan fingerprint density at radius 3 is 2.73 bits per heavy atom. The van der Waals surface area contributed by atoms with Gasteiger partial charge in [0, 0.05) is 18.3 Å². The monoisotopic (exact) mass is 208 g/mol. The van der Waals surface area contributed by atoms with Gasteiger partial charge >= 0.3 is 0 Å². The van der Waals surface area contributed by atoms with Crippen molar-refractivity contribution < 1.29 is 4.79 Å². The molecule has 1 N–H and O–H groups in total. The zero-order chi connectivity index (χ0) is 11.1. The second-order valence-corrected chi connectivity index (χ2v) is 5.15. The molecule has 2 rings (SSSR count). The molecule has 2 aliphatic heterocycles. The van der Waals surface area contributed by atoms with Crippen molar-refractivity contribution in [3.8, 4) is 0 Å². The third kappa shape index (κ3) is 1.81. The first kappa shape index (κ1) is 10.7. The molecular weight excluding hydrogens is 188 g/mol. The first-order valence-electron chi connectivity index (χ1n) is 5.77. The van der Waals surface area contributed by atoms with Crippen molar-refractivity contribution in [1.82, 2.24) is 10.2 Å². The van der Waals surface area contributed by atoms with Gasteiger partial charge in [-0.05, 0) is 39.7 Å². The average molecular weight is 208 g/mol. The largest absolute Gasteiger partial charge is 0.330 e. The molecule has 3 heteroatoms. The summed E-state index contributed by atoms with van der Waals surface area (Å²) in [5, 5.41) is 2.91. The van der Waals surface area contributed by atoms with Gasteiger partial charge in [0.1, 0.15) is 0 Å². The fourth-order valence-electron chi connectivity index (χ4n) is 2.59. The van der Waals surface area contributed by atoms with Crippen molar-refractivity contribution in [2.75, 3.05) is 13.1 Å². The Labute approximate surface area is 91.5 Å². The number of nitrogens with one attached hydrogen (secondary N) is 1. The molecule has 1 amide bonds. The molecule has 2 heterocycles. The zero-order valence-electron chi connectivity index (χ0n) is 9.68. The Bertz CT molecular complexity index is 298. The number of allylic oxidation sites excluding steroid dienone is 1. The molecule has 2 fully saturated rings. The second-order valence-electron chi connectivity index (χ2n) is 5.15. The van der Waals surface area contributed by atoms with Crippen molar-refractivity contribution in [3.05, 3.63) is 12.3 Å². The summed E-state index contributed by atoms with van der Waals surface area (Å²) in [5.41, 5.74) is 0.763. The summed E-state index contributed by atoms with van der Waals surface area (Å²) in [6.07, 6.45) is 2.92. The maximum absolute atomic E-state index is 12.0. The van der Waals surface area contributed by atoms with Crippen LogP contribution in [0.4, 0.5) is 0 Å². The second kappa shape index (κ2) is 3.63. The minimum atomic E-state index is -0.120. The third-order valence-corrected chi connectivity index (χ3v) is 3.79. The van der Waals surface area contributed by atoms with Gasteiger partial charge in [-0.2, -0.15) is 0 Å². The standard InChI is InChI=1S/C12H20N2O/c1-9(2)14-7-6-12(8-14)5-4-10(3)13-11(12)15/h9H,3-8H2,1-2H3,(H,13,15). The van der Waals surface area contributed by atoms with E-state index in [9.17, 15) is 4.79 Å². The highest BCUT2D eigenvalue weighted by molar-refractivity contribution is 5.85. The third-order valence-electron chi connectivity index (χ3n) is 3.79. The first-order chi connectivity index (χ1) is 7.03. The van der Waals surface area contributed by atoms with Crippen molar-refractivity contribution in [2.24, 2.45) is 5.41 Å². The minimum absolute atomic E-state index is 0.120. The Hall–Kier alpha value is -0.830. The van der Waals surface area contributed by atoms with Crippen LogP contribution in [0.5, 0.6) is 0 Å². The fraction of sp³-hybridized carbons (Fsp3) is 0.750. The maximum Gasteiger partial charge on any atom is 0.231 e. The predicted molar refractivity (Wildman–Crippen MR) is 60.3 cm³/mol. The van der Waals surface area contributed by atoms with E-state index >= 15 is 0 Å². The van der Waals surface area contributed by atoms with E-state index in [0.29, 0.717) is 6.04 Å². The Morgan fingerprint density at radius 1 is 1.47 bits per heavy atom. The number of piperidine rings is 1. The normalized spacial score (nSPS) is 32.7. The van der Waals surface area contributed by atoms with Gasteiger partial charge in [-0.25, -0.2) is 0 Å². The van der Waals surface area contributed by atoms with E-state index in [1.165, 1.54) is 0 Å². The summed E-state index contributed by atoms with van der Waals surface area (Å²) >= 11 is 0. The van der Waals surface area contributed by atoms with Crippen LogP contribution in [-0.2, 0) is 4.79 Å². The van der Waals surface area contributed by atoms with E-state index in [0.717, 1.165) is 38.0 Å². The number of rotatable bonds is 1. The van der Waals surface area contributed by atoms with Crippen LogP contribution in [0.1, 0.15) is 33.1 Å². The molecule has 0 aliphatic carbocycles. The van der Waals surface area contributed by atoms with Gasteiger partial charge in [0.2, 0.25) is 5.91 Å². The van der Waals surface area contributed by atoms with Gasteiger partial charge in [0.15, 0.2) is 0 Å². The summed E-state index contributed by atoms with van der Waals surface area (Å²) in [5.74, 6) is 0.196. The van der Waals surface area contributed by atoms with E-state index in [-0.39, 0.29) is 11.3 Å². The van der Waals surface area contributed by atoms with Crippen molar-refractivity contribution >= 4 is 5.91 Å². The molecule has 0 aromatic carbocycles. The number of amides is 1. The molecule has 1 unspecified atom stereocenters. The highest BCUT2D eigenvalue weighted by atomic mass is 16.2. The van der Waals surface area contributed by atoms with Gasteiger partial charge in [0.25, 0.3) is 0 Å². The zero-order valence-corrected chi connectivity index (χ0v) is 9.68. The minimum Gasteiger partial charge on any atom is -0.330 e. The van der Waals surface area contributed by atoms with Gasteiger partial charge in [-0.15, -0.1) is 0 Å². The molecule has 2 saturated heterocycles. The lowest BCUT2D eigenvalue weighted by molar-refractivity contribution is -0.131. The Kier molecular flexibility index (Phi) is 2.59. The Morgan fingerprint density at radius 2 is 2.20 bits per heavy atom. The van der Waals surface area contributed by atoms with E-state index in [4.69, 9.17) is 0 Å². The van der Waals surface area contributed by atoms with Crippen LogP contribution in [0.15, 0.2) is 12.3 Å². The van der Waals surface area contributed by atoms with Gasteiger partial charge in [-0.3, -0.25) is 9.69 Å². The molecule has 2 aliphatic rings. The van der Waals surface area contributed by atoms with Crippen LogP contribution in [0.2, 0.25) is 0 Å². The number of carbonyl (C=O) groups excluding carboxylic acids is 1. The van der Waals surface area contributed by atoms with Crippen LogP contribution in [-0.4, -0.2) is 29.9 Å². The predicted octanol–water partition coefficient (Wildman–Crippen LogP) is 1.51. The maximum atomic E-state index is 12.0. The summed E-state index contributed by atoms with van der Waals surface area (Å²) in [6.45, 7) is 10.2. The van der Waals surface area contributed by atoms with Gasteiger partial charge in [-0.1, -0.05) is 6.58 Å². The SMILES string of the molecule is C=C1CCC2(CCN(C(C)C)C2)C(=O)N1. The molecule has 0 radical (unpaired) electrons. The summed E-state index contributed by atoms with van der Waals surface area (Å²) < 4.78 is 0. The average Bonchev–Trinajstić information content (AvgIpc) is 2.58. The van der Waals surface area contributed by atoms with Crippen molar-refractivity contribution in [1.29, 1.82) is 0 Å². The number of nitrogens with zero attached hydrogens (tertiary/aromatic N) is 1. The number of hydrogen-bond acceptors (Lipinski definition) is 2. The quantitative estimate of drug-likeness (QED) is 0.708. The van der Waals surface area contributed by atoms with Gasteiger partial charge < -0.3 is 5.32 Å². The highest BCUT2D eigenvalue weighted by Gasteiger charge is 2.46. The lowest BCUT2D eigenvalue weighted by Gasteiger charge is -2.33. The van der Waals surface area contributed by atoms with Gasteiger partial charge in [0.05, 0.1) is 5.41 Å². The van der Waals surface area contributed by atoms with Crippen LogP contribution in [0, 0.1) is 5.41 Å². The summed E-state index contributed by atoms with van der Waals surface area (Å²) in [4.78, 5) is 14.4. The number of carbonyl (C=O) groups is 1. The highest BCUT2D eigenvalue weighted by Crippen LogP contribution is 2.39. The van der Waals surface area contributed by atoms with E-state index in [2.05, 4.69) is 30.6 Å². The molecule has 1 spiro atoms. The summed E-state index contributed by atoms with van der Waals surface area (Å²) in [7, 11) is 0. The molecule has 15 heavy (non-hydrogen) atoms. The van der Waals surface area contributed by atoms with Crippen LogP contribution in [0.25, 0.3) is 0 Å². The smallest absolute Gasteiger partial charge is 0.231 e.